The number of hydrogen-bond donors (Lipinski definition) is 1. The molecule has 4 nitrogen and oxygen atoms in total. The summed E-state index contributed by atoms with van der Waals surface area (Å²) in [4.78, 5) is 0. The van der Waals surface area contributed by atoms with Gasteiger partial charge in [-0.25, -0.2) is 12.8 Å². The molecular weight excluding hydrogens is 369 g/mol. The molecule has 0 bridgehead atoms. The second-order valence-corrected chi connectivity index (χ2v) is 6.85. The summed E-state index contributed by atoms with van der Waals surface area (Å²) in [7, 11) is -4.05. The molecule has 2 unspecified atom stereocenters. The Kier molecular flexibility index (Phi) is 5.08. The standard InChI is InChI=1S/C15H14F5NO3S/c1-24-12-7-9-13(16,15(19,20)14(12,17)18)21-25(22,23)10-8-11-5-3-2-4-6-11/h2-10,12,21H,1H3/b10-8+. The zero-order valence-electron chi connectivity index (χ0n) is 12.8. The Morgan fingerprint density at radius 1 is 1.12 bits per heavy atom. The van der Waals surface area contributed by atoms with E-state index in [1.165, 1.54) is 12.1 Å². The van der Waals surface area contributed by atoms with E-state index < -0.39 is 33.8 Å². The monoisotopic (exact) mass is 383 g/mol. The molecular formula is C15H14F5NO3S. The topological polar surface area (TPSA) is 55.4 Å². The first kappa shape index (κ1) is 19.5. The smallest absolute Gasteiger partial charge is 0.364 e. The molecule has 0 heterocycles. The van der Waals surface area contributed by atoms with Gasteiger partial charge in [0.15, 0.2) is 0 Å². The summed E-state index contributed by atoms with van der Waals surface area (Å²) in [5.41, 5.74) is 0.386. The SMILES string of the molecule is COC1C=CC(F)(NS(=O)(=O)/C=C/c2ccccc2)C(F)(F)C1(F)F. The number of hydrogen-bond acceptors (Lipinski definition) is 3. The number of nitrogens with one attached hydrogen (secondary N) is 1. The van der Waals surface area contributed by atoms with Crippen LogP contribution in [0.2, 0.25) is 0 Å². The van der Waals surface area contributed by atoms with Gasteiger partial charge in [-0.1, -0.05) is 30.3 Å². The molecule has 1 aromatic carbocycles. The van der Waals surface area contributed by atoms with Gasteiger partial charge in [0.2, 0.25) is 10.0 Å². The minimum Gasteiger partial charge on any atom is -0.371 e. The Hall–Kier alpha value is -1.78. The Morgan fingerprint density at radius 2 is 1.72 bits per heavy atom. The van der Waals surface area contributed by atoms with Crippen LogP contribution in [-0.2, 0) is 14.8 Å². The summed E-state index contributed by atoms with van der Waals surface area (Å²) in [6.07, 6.45) is -1.02. The van der Waals surface area contributed by atoms with Crippen LogP contribution in [0.25, 0.3) is 6.08 Å². The van der Waals surface area contributed by atoms with Crippen molar-refractivity contribution in [3.8, 4) is 0 Å². The first-order chi connectivity index (χ1) is 11.5. The summed E-state index contributed by atoms with van der Waals surface area (Å²) in [5.74, 6) is -14.6. The van der Waals surface area contributed by atoms with Gasteiger partial charge in [-0.15, -0.1) is 0 Å². The van der Waals surface area contributed by atoms with E-state index in [1.807, 2.05) is 0 Å². The third kappa shape index (κ3) is 3.60. The van der Waals surface area contributed by atoms with Crippen molar-refractivity contribution in [1.82, 2.24) is 4.72 Å². The number of benzene rings is 1. The fraction of sp³-hybridized carbons (Fsp3) is 0.333. The summed E-state index contributed by atoms with van der Waals surface area (Å²) < 4.78 is 98.8. The largest absolute Gasteiger partial charge is 0.371 e. The van der Waals surface area contributed by atoms with E-state index in [-0.39, 0.29) is 6.08 Å². The van der Waals surface area contributed by atoms with Gasteiger partial charge in [0.25, 0.3) is 5.79 Å². The predicted octanol–water partition coefficient (Wildman–Crippen LogP) is 3.10. The molecule has 1 aromatic rings. The van der Waals surface area contributed by atoms with Crippen molar-refractivity contribution in [3.63, 3.8) is 0 Å². The molecule has 138 valence electrons. The highest BCUT2D eigenvalue weighted by atomic mass is 32.2. The molecule has 0 saturated carbocycles. The lowest BCUT2D eigenvalue weighted by atomic mass is 9.90. The molecule has 0 aromatic heterocycles. The van der Waals surface area contributed by atoms with Crippen molar-refractivity contribution in [2.75, 3.05) is 7.11 Å². The van der Waals surface area contributed by atoms with Crippen LogP contribution in [0.5, 0.6) is 0 Å². The van der Waals surface area contributed by atoms with Crippen LogP contribution in [0, 0.1) is 0 Å². The van der Waals surface area contributed by atoms with Gasteiger partial charge in [0, 0.05) is 12.5 Å². The van der Waals surface area contributed by atoms with Crippen molar-refractivity contribution >= 4 is 16.1 Å². The maximum absolute atomic E-state index is 14.5. The molecule has 2 atom stereocenters. The summed E-state index contributed by atoms with van der Waals surface area (Å²) in [6.45, 7) is 0. The van der Waals surface area contributed by atoms with Gasteiger partial charge in [0.05, 0.1) is 0 Å². The lowest BCUT2D eigenvalue weighted by molar-refractivity contribution is -0.296. The predicted molar refractivity (Wildman–Crippen MR) is 81.2 cm³/mol. The maximum Gasteiger partial charge on any atom is 0.364 e. The van der Waals surface area contributed by atoms with Gasteiger partial charge in [-0.3, -0.25) is 0 Å². The molecule has 10 heteroatoms. The summed E-state index contributed by atoms with van der Waals surface area (Å²) >= 11 is 0. The van der Waals surface area contributed by atoms with Crippen molar-refractivity contribution < 1.29 is 35.1 Å². The summed E-state index contributed by atoms with van der Waals surface area (Å²) in [5, 5.41) is 0.411. The normalized spacial score (nSPS) is 28.3. The average molecular weight is 383 g/mol. The fourth-order valence-electron chi connectivity index (χ4n) is 2.16. The molecule has 25 heavy (non-hydrogen) atoms. The molecule has 0 spiro atoms. The Balaban J connectivity index is 2.32. The first-order valence-corrected chi connectivity index (χ1v) is 8.44. The molecule has 0 fully saturated rings. The number of ether oxygens (including phenoxy) is 1. The molecule has 1 aliphatic rings. The summed E-state index contributed by atoms with van der Waals surface area (Å²) in [6, 6.07) is 7.83. The molecule has 2 rings (SSSR count). The first-order valence-electron chi connectivity index (χ1n) is 6.89. The van der Waals surface area contributed by atoms with Crippen LogP contribution in [0.3, 0.4) is 0 Å². The Morgan fingerprint density at radius 3 is 2.28 bits per heavy atom. The highest BCUT2D eigenvalue weighted by Gasteiger charge is 2.74. The van der Waals surface area contributed by atoms with Crippen LogP contribution in [0.15, 0.2) is 47.9 Å². The van der Waals surface area contributed by atoms with Crippen LogP contribution in [0.4, 0.5) is 22.0 Å². The molecule has 1 N–H and O–H groups in total. The van der Waals surface area contributed by atoms with E-state index in [9.17, 15) is 30.4 Å². The fourth-order valence-corrected chi connectivity index (χ4v) is 3.18. The van der Waals surface area contributed by atoms with E-state index in [2.05, 4.69) is 4.74 Å². The Labute approximate surface area is 141 Å². The maximum atomic E-state index is 14.5. The highest BCUT2D eigenvalue weighted by molar-refractivity contribution is 7.92. The lowest BCUT2D eigenvalue weighted by Crippen LogP contribution is -2.68. The molecule has 0 amide bonds. The van der Waals surface area contributed by atoms with Gasteiger partial charge >= 0.3 is 11.8 Å². The van der Waals surface area contributed by atoms with Gasteiger partial charge in [-0.2, -0.15) is 22.3 Å². The zero-order chi connectivity index (χ0) is 18.9. The average Bonchev–Trinajstić information content (AvgIpc) is 2.52. The van der Waals surface area contributed by atoms with Crippen molar-refractivity contribution in [2.45, 2.75) is 23.7 Å². The van der Waals surface area contributed by atoms with E-state index in [4.69, 9.17) is 0 Å². The van der Waals surface area contributed by atoms with Gasteiger partial charge < -0.3 is 4.74 Å². The molecule has 0 aliphatic heterocycles. The molecule has 0 saturated heterocycles. The molecule has 1 aliphatic carbocycles. The second kappa shape index (κ2) is 6.50. The lowest BCUT2D eigenvalue weighted by Gasteiger charge is -2.41. The van der Waals surface area contributed by atoms with Crippen LogP contribution < -0.4 is 4.72 Å². The number of halogens is 5. The third-order valence-electron chi connectivity index (χ3n) is 3.52. The zero-order valence-corrected chi connectivity index (χ0v) is 13.6. The molecule has 0 radical (unpaired) electrons. The third-order valence-corrected chi connectivity index (χ3v) is 4.59. The number of alkyl halides is 5. The van der Waals surface area contributed by atoms with Crippen LogP contribution in [0.1, 0.15) is 5.56 Å². The van der Waals surface area contributed by atoms with Crippen molar-refractivity contribution in [2.24, 2.45) is 0 Å². The van der Waals surface area contributed by atoms with Crippen LogP contribution in [-0.4, -0.2) is 39.3 Å². The van der Waals surface area contributed by atoms with Crippen molar-refractivity contribution in [1.29, 1.82) is 0 Å². The van der Waals surface area contributed by atoms with E-state index in [1.54, 1.807) is 18.2 Å². The highest BCUT2D eigenvalue weighted by Crippen LogP contribution is 2.50. The van der Waals surface area contributed by atoms with E-state index >= 15 is 0 Å². The number of methoxy groups -OCH3 is 1. The minimum absolute atomic E-state index is 0.0203. The van der Waals surface area contributed by atoms with Gasteiger partial charge in [-0.05, 0) is 23.8 Å². The number of rotatable bonds is 5. The van der Waals surface area contributed by atoms with E-state index in [0.29, 0.717) is 17.0 Å². The van der Waals surface area contributed by atoms with E-state index in [0.717, 1.165) is 17.9 Å². The quantitative estimate of drug-likeness (QED) is 0.483. The Bertz CT molecular complexity index is 780. The number of sulfonamides is 1. The minimum atomic E-state index is -5.37. The second-order valence-electron chi connectivity index (χ2n) is 5.29. The van der Waals surface area contributed by atoms with Crippen molar-refractivity contribution in [3.05, 3.63) is 53.5 Å². The van der Waals surface area contributed by atoms with Gasteiger partial charge in [0.1, 0.15) is 6.10 Å². The van der Waals surface area contributed by atoms with Crippen LogP contribution >= 0.6 is 0 Å².